The predicted molar refractivity (Wildman–Crippen MR) is 133 cm³/mol. The molecule has 0 spiro atoms. The standard InChI is InChI=1S/C25H23NO3S2/c1-3-4-15-29-21-14-13-17-9-5-6-10-18(17)19(21)16-23-24(27)26(25(30)31-23)20-11-7-8-12-22(20)28-2/h5-14,16H,3-4,15H2,1-2H3/b23-16-. The van der Waals surface area contributed by atoms with E-state index in [0.29, 0.717) is 27.3 Å². The molecule has 0 saturated carbocycles. The van der Waals surface area contributed by atoms with E-state index in [9.17, 15) is 4.79 Å². The molecule has 0 radical (unpaired) electrons. The number of nitrogens with zero attached hydrogens (tertiary/aromatic N) is 1. The molecule has 0 aliphatic carbocycles. The molecule has 1 aliphatic rings. The number of benzene rings is 3. The number of hydrogen-bond acceptors (Lipinski definition) is 5. The molecule has 4 nitrogen and oxygen atoms in total. The maximum atomic E-state index is 13.3. The number of fused-ring (bicyclic) bond motifs is 1. The largest absolute Gasteiger partial charge is 0.495 e. The summed E-state index contributed by atoms with van der Waals surface area (Å²) < 4.78 is 12.0. The van der Waals surface area contributed by atoms with Crippen molar-refractivity contribution in [3.8, 4) is 11.5 Å². The zero-order valence-electron chi connectivity index (χ0n) is 17.5. The summed E-state index contributed by atoms with van der Waals surface area (Å²) in [6, 6.07) is 19.5. The summed E-state index contributed by atoms with van der Waals surface area (Å²) in [5.74, 6) is 1.22. The van der Waals surface area contributed by atoms with Gasteiger partial charge >= 0.3 is 0 Å². The van der Waals surface area contributed by atoms with E-state index in [0.717, 1.165) is 34.9 Å². The summed E-state index contributed by atoms with van der Waals surface area (Å²) in [6.45, 7) is 2.77. The van der Waals surface area contributed by atoms with Gasteiger partial charge in [0.25, 0.3) is 5.91 Å². The first-order chi connectivity index (χ1) is 15.1. The highest BCUT2D eigenvalue weighted by atomic mass is 32.2. The van der Waals surface area contributed by atoms with E-state index < -0.39 is 0 Å². The molecule has 0 bridgehead atoms. The lowest BCUT2D eigenvalue weighted by atomic mass is 10.0. The Morgan fingerprint density at radius 1 is 1.03 bits per heavy atom. The topological polar surface area (TPSA) is 38.8 Å². The number of thioether (sulfide) groups is 1. The van der Waals surface area contributed by atoms with Gasteiger partial charge in [-0.05, 0) is 41.5 Å². The van der Waals surface area contributed by atoms with Crippen molar-refractivity contribution in [1.82, 2.24) is 0 Å². The highest BCUT2D eigenvalue weighted by molar-refractivity contribution is 8.27. The van der Waals surface area contributed by atoms with Gasteiger partial charge in [0.1, 0.15) is 11.5 Å². The summed E-state index contributed by atoms with van der Waals surface area (Å²) in [4.78, 5) is 15.4. The maximum Gasteiger partial charge on any atom is 0.270 e. The molecular weight excluding hydrogens is 426 g/mol. The Morgan fingerprint density at radius 3 is 2.61 bits per heavy atom. The average molecular weight is 450 g/mol. The van der Waals surface area contributed by atoms with E-state index in [1.165, 1.54) is 16.7 Å². The first kappa shape index (κ1) is 21.4. The van der Waals surface area contributed by atoms with Gasteiger partial charge in [0.2, 0.25) is 0 Å². The van der Waals surface area contributed by atoms with Crippen LogP contribution in [0, 0.1) is 0 Å². The number of amides is 1. The van der Waals surface area contributed by atoms with Crippen LogP contribution in [0.5, 0.6) is 11.5 Å². The van der Waals surface area contributed by atoms with Crippen LogP contribution in [0.2, 0.25) is 0 Å². The van der Waals surface area contributed by atoms with Crippen molar-refractivity contribution >= 4 is 56.7 Å². The number of thiocarbonyl (C=S) groups is 1. The molecule has 0 atom stereocenters. The molecule has 0 aromatic heterocycles. The van der Waals surface area contributed by atoms with Crippen molar-refractivity contribution in [1.29, 1.82) is 0 Å². The molecule has 31 heavy (non-hydrogen) atoms. The second-order valence-corrected chi connectivity index (χ2v) is 8.77. The van der Waals surface area contributed by atoms with Crippen molar-refractivity contribution in [2.75, 3.05) is 18.6 Å². The number of carbonyl (C=O) groups excluding carboxylic acids is 1. The van der Waals surface area contributed by atoms with Gasteiger partial charge in [-0.1, -0.05) is 79.8 Å². The molecular formula is C25H23NO3S2. The Kier molecular flexibility index (Phi) is 6.59. The number of unbranched alkanes of at least 4 members (excludes halogenated alkanes) is 1. The molecule has 1 fully saturated rings. The lowest BCUT2D eigenvalue weighted by molar-refractivity contribution is -0.113. The monoisotopic (exact) mass is 449 g/mol. The van der Waals surface area contributed by atoms with E-state index in [1.54, 1.807) is 7.11 Å². The van der Waals surface area contributed by atoms with Crippen molar-refractivity contribution in [3.05, 3.63) is 71.1 Å². The molecule has 1 saturated heterocycles. The first-order valence-corrected chi connectivity index (χ1v) is 11.4. The van der Waals surface area contributed by atoms with Crippen molar-refractivity contribution < 1.29 is 14.3 Å². The van der Waals surface area contributed by atoms with Crippen LogP contribution in [-0.4, -0.2) is 23.9 Å². The van der Waals surface area contributed by atoms with Crippen LogP contribution < -0.4 is 14.4 Å². The van der Waals surface area contributed by atoms with Gasteiger partial charge in [-0.25, -0.2) is 0 Å². The van der Waals surface area contributed by atoms with Gasteiger partial charge < -0.3 is 9.47 Å². The predicted octanol–water partition coefficient (Wildman–Crippen LogP) is 6.43. The summed E-state index contributed by atoms with van der Waals surface area (Å²) in [5, 5.41) is 2.14. The minimum absolute atomic E-state index is 0.160. The summed E-state index contributed by atoms with van der Waals surface area (Å²) in [7, 11) is 1.59. The van der Waals surface area contributed by atoms with Gasteiger partial charge in [-0.15, -0.1) is 0 Å². The SMILES string of the molecule is CCCCOc1ccc2ccccc2c1/C=C1\SC(=S)N(c2ccccc2OC)C1=O. The lowest BCUT2D eigenvalue weighted by Gasteiger charge is -2.17. The third-order valence-corrected chi connectivity index (χ3v) is 6.38. The Bertz CT molecular complexity index is 1170. The molecule has 4 rings (SSSR count). The lowest BCUT2D eigenvalue weighted by Crippen LogP contribution is -2.27. The van der Waals surface area contributed by atoms with E-state index in [-0.39, 0.29) is 5.91 Å². The molecule has 0 unspecified atom stereocenters. The Hall–Kier alpha value is -2.83. The van der Waals surface area contributed by atoms with Gasteiger partial charge in [0.15, 0.2) is 4.32 Å². The highest BCUT2D eigenvalue weighted by Gasteiger charge is 2.35. The number of hydrogen-bond donors (Lipinski definition) is 0. The molecule has 0 N–H and O–H groups in total. The van der Waals surface area contributed by atoms with Crippen LogP contribution in [0.25, 0.3) is 16.8 Å². The minimum Gasteiger partial charge on any atom is -0.495 e. The number of methoxy groups -OCH3 is 1. The number of rotatable bonds is 7. The zero-order chi connectivity index (χ0) is 21.8. The fourth-order valence-electron chi connectivity index (χ4n) is 3.50. The molecule has 1 amide bonds. The number of anilines is 1. The third kappa shape index (κ3) is 4.31. The molecule has 3 aromatic carbocycles. The highest BCUT2D eigenvalue weighted by Crippen LogP contribution is 2.41. The Balaban J connectivity index is 1.77. The van der Waals surface area contributed by atoms with Crippen molar-refractivity contribution in [2.45, 2.75) is 19.8 Å². The van der Waals surface area contributed by atoms with Crippen molar-refractivity contribution in [2.24, 2.45) is 0 Å². The number of ether oxygens (including phenoxy) is 2. The Labute approximate surface area is 191 Å². The molecule has 6 heteroatoms. The van der Waals surface area contributed by atoms with Gasteiger partial charge in [-0.2, -0.15) is 0 Å². The third-order valence-electron chi connectivity index (χ3n) is 5.08. The molecule has 1 heterocycles. The van der Waals surface area contributed by atoms with Crippen LogP contribution in [0.4, 0.5) is 5.69 Å². The molecule has 158 valence electrons. The first-order valence-electron chi connectivity index (χ1n) is 10.2. The number of para-hydroxylation sites is 2. The van der Waals surface area contributed by atoms with Crippen LogP contribution in [0.15, 0.2) is 65.6 Å². The van der Waals surface area contributed by atoms with Crippen LogP contribution in [0.3, 0.4) is 0 Å². The van der Waals surface area contributed by atoms with Gasteiger partial charge in [0, 0.05) is 5.56 Å². The van der Waals surface area contributed by atoms with Gasteiger partial charge in [-0.3, -0.25) is 9.69 Å². The smallest absolute Gasteiger partial charge is 0.270 e. The fraction of sp³-hybridized carbons (Fsp3) is 0.200. The molecule has 3 aromatic rings. The van der Waals surface area contributed by atoms with E-state index in [1.807, 2.05) is 54.6 Å². The van der Waals surface area contributed by atoms with Crippen LogP contribution >= 0.6 is 24.0 Å². The summed E-state index contributed by atoms with van der Waals surface area (Å²) >= 11 is 6.85. The average Bonchev–Trinajstić information content (AvgIpc) is 3.07. The normalized spacial score (nSPS) is 15.2. The zero-order valence-corrected chi connectivity index (χ0v) is 19.1. The summed E-state index contributed by atoms with van der Waals surface area (Å²) in [6.07, 6.45) is 3.93. The number of carbonyl (C=O) groups is 1. The van der Waals surface area contributed by atoms with Crippen LogP contribution in [0.1, 0.15) is 25.3 Å². The maximum absolute atomic E-state index is 13.3. The van der Waals surface area contributed by atoms with E-state index >= 15 is 0 Å². The fourth-order valence-corrected chi connectivity index (χ4v) is 4.76. The second-order valence-electron chi connectivity index (χ2n) is 7.09. The van der Waals surface area contributed by atoms with Gasteiger partial charge in [0.05, 0.1) is 24.3 Å². The van der Waals surface area contributed by atoms with Crippen LogP contribution in [-0.2, 0) is 4.79 Å². The van der Waals surface area contributed by atoms with Crippen molar-refractivity contribution in [3.63, 3.8) is 0 Å². The quantitative estimate of drug-likeness (QED) is 0.236. The molecule has 1 aliphatic heterocycles. The second kappa shape index (κ2) is 9.54. The van der Waals surface area contributed by atoms with E-state index in [2.05, 4.69) is 19.1 Å². The Morgan fingerprint density at radius 2 is 1.81 bits per heavy atom. The van der Waals surface area contributed by atoms with E-state index in [4.69, 9.17) is 21.7 Å². The summed E-state index contributed by atoms with van der Waals surface area (Å²) in [5.41, 5.74) is 1.54. The minimum atomic E-state index is -0.160.